The van der Waals surface area contributed by atoms with Gasteiger partial charge in [-0.15, -0.1) is 0 Å². The van der Waals surface area contributed by atoms with E-state index >= 15 is 0 Å². The minimum absolute atomic E-state index is 0.0929. The standard InChI is InChI=1S/C12H22N2O/c1-3-4-10(2)12(15)14-9-11-5-7-13-8-6-11/h4,11,13H,3,5-9H2,1-2H3,(H,14,15). The Morgan fingerprint density at radius 2 is 2.13 bits per heavy atom. The largest absolute Gasteiger partial charge is 0.352 e. The average Bonchev–Trinajstić information content (AvgIpc) is 2.27. The van der Waals surface area contributed by atoms with E-state index < -0.39 is 0 Å². The summed E-state index contributed by atoms with van der Waals surface area (Å²) in [7, 11) is 0. The van der Waals surface area contributed by atoms with Crippen molar-refractivity contribution < 1.29 is 4.79 Å². The summed E-state index contributed by atoms with van der Waals surface area (Å²) < 4.78 is 0. The van der Waals surface area contributed by atoms with Crippen LogP contribution in [0.5, 0.6) is 0 Å². The van der Waals surface area contributed by atoms with Crippen molar-refractivity contribution in [2.24, 2.45) is 5.92 Å². The minimum atomic E-state index is 0.0929. The summed E-state index contributed by atoms with van der Waals surface area (Å²) in [6, 6.07) is 0. The smallest absolute Gasteiger partial charge is 0.246 e. The van der Waals surface area contributed by atoms with Gasteiger partial charge >= 0.3 is 0 Å². The third kappa shape index (κ3) is 4.47. The van der Waals surface area contributed by atoms with E-state index in [0.29, 0.717) is 5.92 Å². The summed E-state index contributed by atoms with van der Waals surface area (Å²) in [4.78, 5) is 11.6. The van der Waals surface area contributed by atoms with Crippen LogP contribution < -0.4 is 10.6 Å². The van der Waals surface area contributed by atoms with Crippen LogP contribution >= 0.6 is 0 Å². The van der Waals surface area contributed by atoms with Crippen molar-refractivity contribution in [2.75, 3.05) is 19.6 Å². The summed E-state index contributed by atoms with van der Waals surface area (Å²) in [6.45, 7) is 6.93. The van der Waals surface area contributed by atoms with E-state index in [1.54, 1.807) is 0 Å². The lowest BCUT2D eigenvalue weighted by Crippen LogP contribution is -2.36. The molecular formula is C12H22N2O. The van der Waals surface area contributed by atoms with E-state index in [9.17, 15) is 4.79 Å². The zero-order valence-electron chi connectivity index (χ0n) is 9.81. The third-order valence-electron chi connectivity index (χ3n) is 2.88. The zero-order valence-corrected chi connectivity index (χ0v) is 9.81. The molecule has 0 saturated carbocycles. The molecule has 3 heteroatoms. The Morgan fingerprint density at radius 1 is 1.47 bits per heavy atom. The van der Waals surface area contributed by atoms with E-state index in [2.05, 4.69) is 10.6 Å². The molecule has 0 aromatic rings. The molecule has 1 aliphatic rings. The summed E-state index contributed by atoms with van der Waals surface area (Å²) in [5.74, 6) is 0.750. The van der Waals surface area contributed by atoms with E-state index in [0.717, 1.165) is 31.6 Å². The van der Waals surface area contributed by atoms with Gasteiger partial charge in [0, 0.05) is 12.1 Å². The number of carbonyl (C=O) groups excluding carboxylic acids is 1. The fraction of sp³-hybridized carbons (Fsp3) is 0.750. The molecular weight excluding hydrogens is 188 g/mol. The van der Waals surface area contributed by atoms with Gasteiger partial charge < -0.3 is 10.6 Å². The molecule has 0 aliphatic carbocycles. The van der Waals surface area contributed by atoms with Crippen LogP contribution in [-0.2, 0) is 4.79 Å². The first-order valence-electron chi connectivity index (χ1n) is 5.89. The molecule has 0 atom stereocenters. The van der Waals surface area contributed by atoms with Gasteiger partial charge in [0.05, 0.1) is 0 Å². The highest BCUT2D eigenvalue weighted by Gasteiger charge is 2.13. The number of piperidine rings is 1. The quantitative estimate of drug-likeness (QED) is 0.690. The molecule has 3 nitrogen and oxygen atoms in total. The van der Waals surface area contributed by atoms with E-state index in [1.807, 2.05) is 19.9 Å². The fourth-order valence-electron chi connectivity index (χ4n) is 1.86. The Labute approximate surface area is 92.3 Å². The van der Waals surface area contributed by atoms with Crippen LogP contribution in [0.3, 0.4) is 0 Å². The number of carbonyl (C=O) groups is 1. The molecule has 0 bridgehead atoms. The van der Waals surface area contributed by atoms with Gasteiger partial charge in [-0.2, -0.15) is 0 Å². The van der Waals surface area contributed by atoms with Gasteiger partial charge in [0.15, 0.2) is 0 Å². The van der Waals surface area contributed by atoms with Crippen LogP contribution in [-0.4, -0.2) is 25.5 Å². The van der Waals surface area contributed by atoms with Crippen molar-refractivity contribution in [2.45, 2.75) is 33.1 Å². The van der Waals surface area contributed by atoms with Gasteiger partial charge in [-0.25, -0.2) is 0 Å². The fourth-order valence-corrected chi connectivity index (χ4v) is 1.86. The average molecular weight is 210 g/mol. The van der Waals surface area contributed by atoms with E-state index in [1.165, 1.54) is 12.8 Å². The molecule has 1 aliphatic heterocycles. The van der Waals surface area contributed by atoms with Crippen LogP contribution in [0.15, 0.2) is 11.6 Å². The van der Waals surface area contributed by atoms with Crippen LogP contribution in [0, 0.1) is 5.92 Å². The Balaban J connectivity index is 2.23. The molecule has 1 rings (SSSR count). The second kappa shape index (κ2) is 6.62. The highest BCUT2D eigenvalue weighted by atomic mass is 16.1. The van der Waals surface area contributed by atoms with Gasteiger partial charge in [-0.3, -0.25) is 4.79 Å². The topological polar surface area (TPSA) is 41.1 Å². The number of amides is 1. The predicted octanol–water partition coefficient (Wildman–Crippen LogP) is 1.46. The van der Waals surface area contributed by atoms with Crippen LogP contribution in [0.4, 0.5) is 0 Å². The first kappa shape index (κ1) is 12.2. The van der Waals surface area contributed by atoms with Gasteiger partial charge in [0.1, 0.15) is 0 Å². The maximum Gasteiger partial charge on any atom is 0.246 e. The highest BCUT2D eigenvalue weighted by molar-refractivity contribution is 5.92. The molecule has 0 unspecified atom stereocenters. The Kier molecular flexibility index (Phi) is 5.40. The maximum absolute atomic E-state index is 11.6. The SMILES string of the molecule is CCC=C(C)C(=O)NCC1CCNCC1. The first-order chi connectivity index (χ1) is 7.24. The summed E-state index contributed by atoms with van der Waals surface area (Å²) in [5, 5.41) is 6.32. The molecule has 1 amide bonds. The summed E-state index contributed by atoms with van der Waals surface area (Å²) in [5.41, 5.74) is 0.839. The van der Waals surface area contributed by atoms with Crippen LogP contribution in [0.1, 0.15) is 33.1 Å². The van der Waals surface area contributed by atoms with Crippen LogP contribution in [0.25, 0.3) is 0 Å². The molecule has 0 spiro atoms. The summed E-state index contributed by atoms with van der Waals surface area (Å²) in [6.07, 6.45) is 5.25. The number of nitrogens with one attached hydrogen (secondary N) is 2. The van der Waals surface area contributed by atoms with Crippen molar-refractivity contribution in [1.82, 2.24) is 10.6 Å². The molecule has 86 valence electrons. The van der Waals surface area contributed by atoms with Crippen molar-refractivity contribution in [3.63, 3.8) is 0 Å². The number of hydrogen-bond acceptors (Lipinski definition) is 2. The predicted molar refractivity (Wildman–Crippen MR) is 62.7 cm³/mol. The van der Waals surface area contributed by atoms with E-state index in [-0.39, 0.29) is 5.91 Å². The lowest BCUT2D eigenvalue weighted by atomic mass is 9.98. The molecule has 0 radical (unpaired) electrons. The van der Waals surface area contributed by atoms with Gasteiger partial charge in [-0.05, 0) is 45.2 Å². The minimum Gasteiger partial charge on any atom is -0.352 e. The Bertz CT molecular complexity index is 230. The van der Waals surface area contributed by atoms with E-state index in [4.69, 9.17) is 0 Å². The Morgan fingerprint density at radius 3 is 2.73 bits per heavy atom. The van der Waals surface area contributed by atoms with Crippen molar-refractivity contribution in [3.8, 4) is 0 Å². The van der Waals surface area contributed by atoms with Crippen molar-refractivity contribution in [3.05, 3.63) is 11.6 Å². The molecule has 15 heavy (non-hydrogen) atoms. The second-order valence-corrected chi connectivity index (χ2v) is 4.20. The normalized spacial score (nSPS) is 18.9. The molecule has 0 aromatic carbocycles. The van der Waals surface area contributed by atoms with Crippen LogP contribution in [0.2, 0.25) is 0 Å². The Hall–Kier alpha value is -0.830. The van der Waals surface area contributed by atoms with Crippen molar-refractivity contribution >= 4 is 5.91 Å². The third-order valence-corrected chi connectivity index (χ3v) is 2.88. The van der Waals surface area contributed by atoms with Gasteiger partial charge in [-0.1, -0.05) is 13.0 Å². The number of hydrogen-bond donors (Lipinski definition) is 2. The molecule has 1 heterocycles. The van der Waals surface area contributed by atoms with Crippen molar-refractivity contribution in [1.29, 1.82) is 0 Å². The lowest BCUT2D eigenvalue weighted by molar-refractivity contribution is -0.117. The second-order valence-electron chi connectivity index (χ2n) is 4.20. The van der Waals surface area contributed by atoms with Gasteiger partial charge in [0.2, 0.25) is 5.91 Å². The molecule has 1 fully saturated rings. The number of rotatable bonds is 4. The maximum atomic E-state index is 11.6. The first-order valence-corrected chi connectivity index (χ1v) is 5.89. The highest BCUT2D eigenvalue weighted by Crippen LogP contribution is 2.10. The lowest BCUT2D eigenvalue weighted by Gasteiger charge is -2.22. The summed E-state index contributed by atoms with van der Waals surface area (Å²) >= 11 is 0. The number of allylic oxidation sites excluding steroid dienone is 1. The molecule has 0 aromatic heterocycles. The zero-order chi connectivity index (χ0) is 11.1. The molecule has 1 saturated heterocycles. The molecule has 2 N–H and O–H groups in total. The van der Waals surface area contributed by atoms with Gasteiger partial charge in [0.25, 0.3) is 0 Å². The monoisotopic (exact) mass is 210 g/mol.